The fourth-order valence-corrected chi connectivity index (χ4v) is 2.60. The number of hydrogen-bond donors (Lipinski definition) is 1. The predicted octanol–water partition coefficient (Wildman–Crippen LogP) is 2.50. The van der Waals surface area contributed by atoms with Gasteiger partial charge in [-0.1, -0.05) is 28.9 Å². The highest BCUT2D eigenvalue weighted by Gasteiger charge is 2.29. The highest BCUT2D eigenvalue weighted by Crippen LogP contribution is 2.24. The normalized spacial score (nSPS) is 21.9. The minimum Gasteiger partial charge on any atom is -0.380 e. The summed E-state index contributed by atoms with van der Waals surface area (Å²) in [6.07, 6.45) is 1.18. The zero-order chi connectivity index (χ0) is 14.8. The zero-order valence-corrected chi connectivity index (χ0v) is 12.2. The van der Waals surface area contributed by atoms with Gasteiger partial charge in [-0.2, -0.15) is 4.98 Å². The van der Waals surface area contributed by atoms with E-state index < -0.39 is 5.82 Å². The molecule has 1 aromatic heterocycles. The van der Waals surface area contributed by atoms with Crippen LogP contribution in [0.2, 0.25) is 5.02 Å². The Hall–Kier alpha value is -1.50. The van der Waals surface area contributed by atoms with Gasteiger partial charge in [0.1, 0.15) is 5.82 Å². The Kier molecular flexibility index (Phi) is 4.19. The number of aromatic nitrogens is 2. The van der Waals surface area contributed by atoms with Gasteiger partial charge in [0.05, 0.1) is 17.2 Å². The molecule has 1 fully saturated rings. The molecule has 2 heterocycles. The summed E-state index contributed by atoms with van der Waals surface area (Å²) in [7, 11) is 1.68. The lowest BCUT2D eigenvalue weighted by molar-refractivity contribution is 0.116. The van der Waals surface area contributed by atoms with Crippen molar-refractivity contribution in [2.75, 3.05) is 13.7 Å². The summed E-state index contributed by atoms with van der Waals surface area (Å²) in [4.78, 5) is 4.32. The summed E-state index contributed by atoms with van der Waals surface area (Å²) in [6, 6.07) is 4.85. The van der Waals surface area contributed by atoms with E-state index in [0.29, 0.717) is 17.3 Å². The van der Waals surface area contributed by atoms with Crippen LogP contribution in [0.1, 0.15) is 29.7 Å². The first-order valence-corrected chi connectivity index (χ1v) is 7.06. The third-order valence-corrected chi connectivity index (χ3v) is 3.88. The molecule has 0 aliphatic carbocycles. The number of rotatable bonds is 4. The second kappa shape index (κ2) is 6.09. The van der Waals surface area contributed by atoms with Gasteiger partial charge >= 0.3 is 0 Å². The molecule has 1 aromatic carbocycles. The molecule has 0 amide bonds. The molecule has 0 unspecified atom stereocenters. The molecule has 1 aliphatic rings. The first kappa shape index (κ1) is 14.4. The quantitative estimate of drug-likeness (QED) is 0.940. The molecule has 0 spiro atoms. The smallest absolute Gasteiger partial charge is 0.243 e. The van der Waals surface area contributed by atoms with Crippen LogP contribution in [0, 0.1) is 5.82 Å². The topological polar surface area (TPSA) is 60.2 Å². The van der Waals surface area contributed by atoms with Gasteiger partial charge in [-0.3, -0.25) is 0 Å². The number of hydrogen-bond acceptors (Lipinski definition) is 5. The van der Waals surface area contributed by atoms with Gasteiger partial charge in [0.25, 0.3) is 0 Å². The molecule has 7 heteroatoms. The molecule has 112 valence electrons. The Morgan fingerprint density at radius 1 is 1.52 bits per heavy atom. The zero-order valence-electron chi connectivity index (χ0n) is 11.5. The summed E-state index contributed by atoms with van der Waals surface area (Å²) < 4.78 is 24.4. The molecule has 2 atom stereocenters. The van der Waals surface area contributed by atoms with Crippen LogP contribution in [0.3, 0.4) is 0 Å². The fourth-order valence-electron chi connectivity index (χ4n) is 2.41. The molecular formula is C14H15ClFN3O2. The SMILES string of the molecule is CO[C@@H]1CN[C@@H](c2nc(Cc3cccc(Cl)c3F)no2)C1. The standard InChI is InChI=1S/C14H15ClFN3O2/c1-20-9-6-11(17-7-9)14-18-12(19-21-14)5-8-3-2-4-10(15)13(8)16/h2-4,9,11,17H,5-7H2,1H3/t9-,11+/m0/s1. The van der Waals surface area contributed by atoms with Gasteiger partial charge in [0.15, 0.2) is 5.82 Å². The minimum atomic E-state index is -0.441. The van der Waals surface area contributed by atoms with Gasteiger partial charge in [-0.25, -0.2) is 4.39 Å². The molecule has 1 N–H and O–H groups in total. The van der Waals surface area contributed by atoms with Crippen molar-refractivity contribution < 1.29 is 13.7 Å². The van der Waals surface area contributed by atoms with E-state index in [4.69, 9.17) is 20.9 Å². The van der Waals surface area contributed by atoms with Crippen LogP contribution in [0.15, 0.2) is 22.7 Å². The first-order chi connectivity index (χ1) is 10.2. The second-order valence-corrected chi connectivity index (χ2v) is 5.40. The molecule has 0 saturated carbocycles. The summed E-state index contributed by atoms with van der Waals surface area (Å²) in [5, 5.41) is 7.25. The highest BCUT2D eigenvalue weighted by atomic mass is 35.5. The number of nitrogens with zero attached hydrogens (tertiary/aromatic N) is 2. The van der Waals surface area contributed by atoms with Gasteiger partial charge in [-0.15, -0.1) is 0 Å². The number of halogens is 2. The second-order valence-electron chi connectivity index (χ2n) is 4.99. The lowest BCUT2D eigenvalue weighted by atomic mass is 10.1. The minimum absolute atomic E-state index is 0.0135. The van der Waals surface area contributed by atoms with Crippen LogP contribution in [0.5, 0.6) is 0 Å². The van der Waals surface area contributed by atoms with E-state index in [9.17, 15) is 4.39 Å². The van der Waals surface area contributed by atoms with Crippen molar-refractivity contribution in [2.45, 2.75) is 25.0 Å². The van der Waals surface area contributed by atoms with Crippen molar-refractivity contribution in [3.63, 3.8) is 0 Å². The first-order valence-electron chi connectivity index (χ1n) is 6.69. The third kappa shape index (κ3) is 3.07. The molecule has 1 aliphatic heterocycles. The average molecular weight is 312 g/mol. The van der Waals surface area contributed by atoms with E-state index >= 15 is 0 Å². The number of methoxy groups -OCH3 is 1. The lowest BCUT2D eigenvalue weighted by Crippen LogP contribution is -2.16. The van der Waals surface area contributed by atoms with Crippen molar-refractivity contribution in [1.82, 2.24) is 15.5 Å². The van der Waals surface area contributed by atoms with Crippen LogP contribution >= 0.6 is 11.6 Å². The summed E-state index contributed by atoms with van der Waals surface area (Å²) >= 11 is 5.76. The summed E-state index contributed by atoms with van der Waals surface area (Å²) in [6.45, 7) is 0.752. The Balaban J connectivity index is 1.72. The Morgan fingerprint density at radius 3 is 3.14 bits per heavy atom. The molecule has 5 nitrogen and oxygen atoms in total. The van der Waals surface area contributed by atoms with E-state index in [-0.39, 0.29) is 23.6 Å². The van der Waals surface area contributed by atoms with E-state index in [0.717, 1.165) is 13.0 Å². The molecule has 1 saturated heterocycles. The van der Waals surface area contributed by atoms with E-state index in [1.807, 2.05) is 0 Å². The molecule has 0 radical (unpaired) electrons. The monoisotopic (exact) mass is 311 g/mol. The molecule has 3 rings (SSSR count). The van der Waals surface area contributed by atoms with Crippen LogP contribution in [-0.2, 0) is 11.2 Å². The van der Waals surface area contributed by atoms with Crippen molar-refractivity contribution in [2.24, 2.45) is 0 Å². The third-order valence-electron chi connectivity index (χ3n) is 3.59. The Bertz CT molecular complexity index is 634. The van der Waals surface area contributed by atoms with E-state index in [2.05, 4.69) is 15.5 Å². The number of benzene rings is 1. The molecule has 2 aromatic rings. The summed E-state index contributed by atoms with van der Waals surface area (Å²) in [5.74, 6) is 0.504. The van der Waals surface area contributed by atoms with Crippen LogP contribution in [-0.4, -0.2) is 29.9 Å². The van der Waals surface area contributed by atoms with E-state index in [1.54, 1.807) is 19.2 Å². The Labute approximate surface area is 126 Å². The van der Waals surface area contributed by atoms with Crippen molar-refractivity contribution in [3.05, 3.63) is 46.3 Å². The van der Waals surface area contributed by atoms with Gasteiger partial charge in [-0.05, 0) is 18.1 Å². The van der Waals surface area contributed by atoms with Crippen LogP contribution in [0.25, 0.3) is 0 Å². The fraction of sp³-hybridized carbons (Fsp3) is 0.429. The number of nitrogens with one attached hydrogen (secondary N) is 1. The largest absolute Gasteiger partial charge is 0.380 e. The molecule has 0 bridgehead atoms. The van der Waals surface area contributed by atoms with Gasteiger partial charge < -0.3 is 14.6 Å². The number of ether oxygens (including phenoxy) is 1. The maximum absolute atomic E-state index is 13.8. The van der Waals surface area contributed by atoms with Gasteiger partial charge in [0.2, 0.25) is 5.89 Å². The van der Waals surface area contributed by atoms with Crippen molar-refractivity contribution >= 4 is 11.6 Å². The average Bonchev–Trinajstić information content (AvgIpc) is 3.12. The highest BCUT2D eigenvalue weighted by molar-refractivity contribution is 6.30. The van der Waals surface area contributed by atoms with Crippen LogP contribution in [0.4, 0.5) is 4.39 Å². The lowest BCUT2D eigenvalue weighted by Gasteiger charge is -2.04. The Morgan fingerprint density at radius 2 is 2.38 bits per heavy atom. The maximum Gasteiger partial charge on any atom is 0.243 e. The molecular weight excluding hydrogens is 297 g/mol. The van der Waals surface area contributed by atoms with Crippen molar-refractivity contribution in [1.29, 1.82) is 0 Å². The summed E-state index contributed by atoms with van der Waals surface area (Å²) in [5.41, 5.74) is 0.448. The predicted molar refractivity (Wildman–Crippen MR) is 74.7 cm³/mol. The van der Waals surface area contributed by atoms with E-state index in [1.165, 1.54) is 6.07 Å². The van der Waals surface area contributed by atoms with Crippen LogP contribution < -0.4 is 5.32 Å². The maximum atomic E-state index is 13.8. The molecule has 21 heavy (non-hydrogen) atoms. The van der Waals surface area contributed by atoms with Crippen molar-refractivity contribution in [3.8, 4) is 0 Å². The van der Waals surface area contributed by atoms with Gasteiger partial charge in [0, 0.05) is 20.1 Å².